The van der Waals surface area contributed by atoms with Crippen LogP contribution in [0.4, 0.5) is 0 Å². The van der Waals surface area contributed by atoms with E-state index < -0.39 is 29.3 Å². The maximum atomic E-state index is 10.9. The molecule has 0 saturated heterocycles. The molecule has 0 fully saturated rings. The number of aliphatic hydroxyl groups is 1. The van der Waals surface area contributed by atoms with E-state index in [1.165, 1.54) is 63.1 Å². The monoisotopic (exact) mass is 443 g/mol. The molecule has 0 spiro atoms. The van der Waals surface area contributed by atoms with Crippen LogP contribution < -0.4 is 5.73 Å². The zero-order valence-electron chi connectivity index (χ0n) is 18.5. The highest BCUT2D eigenvalue weighted by atomic mass is 32.2. The summed E-state index contributed by atoms with van der Waals surface area (Å²) in [5.74, 6) is 4.33. The fraction of sp³-hybridized carbons (Fsp3) is 0.826. The second-order valence-electron chi connectivity index (χ2n) is 7.81. The lowest BCUT2D eigenvalue weighted by Crippen LogP contribution is -2.34. The Bertz CT molecular complexity index is 517. The second kappa shape index (κ2) is 19.7. The van der Waals surface area contributed by atoms with Crippen molar-refractivity contribution in [3.63, 3.8) is 0 Å². The molecular formula is C23H41NO5S. The number of hydrogen-bond acceptors (Lipinski definition) is 5. The summed E-state index contributed by atoms with van der Waals surface area (Å²) in [6.45, 7) is 2.23. The number of nitrogens with two attached hydrogens (primary N) is 1. The summed E-state index contributed by atoms with van der Waals surface area (Å²) < 4.78 is 0. The minimum Gasteiger partial charge on any atom is -0.481 e. The molecule has 0 saturated carbocycles. The van der Waals surface area contributed by atoms with E-state index in [0.29, 0.717) is 12.8 Å². The summed E-state index contributed by atoms with van der Waals surface area (Å²) in [5, 5.41) is 27.5. The highest BCUT2D eigenvalue weighted by Crippen LogP contribution is 2.19. The van der Waals surface area contributed by atoms with Crippen LogP contribution in [0, 0.1) is 11.8 Å². The van der Waals surface area contributed by atoms with E-state index >= 15 is 0 Å². The van der Waals surface area contributed by atoms with Gasteiger partial charge in [-0.1, -0.05) is 70.6 Å². The first-order valence-corrected chi connectivity index (χ1v) is 12.4. The molecule has 3 atom stereocenters. The van der Waals surface area contributed by atoms with E-state index in [1.807, 2.05) is 0 Å². The molecule has 0 amide bonds. The summed E-state index contributed by atoms with van der Waals surface area (Å²) in [4.78, 5) is 21.5. The molecule has 5 N–H and O–H groups in total. The number of hydrogen-bond donors (Lipinski definition) is 4. The zero-order chi connectivity index (χ0) is 22.6. The van der Waals surface area contributed by atoms with E-state index in [2.05, 4.69) is 18.8 Å². The Morgan fingerprint density at radius 2 is 1.50 bits per heavy atom. The van der Waals surface area contributed by atoms with Crippen LogP contribution in [-0.2, 0) is 9.59 Å². The van der Waals surface area contributed by atoms with Gasteiger partial charge in [-0.25, -0.2) is 0 Å². The molecule has 0 radical (unpaired) electrons. The minimum atomic E-state index is -1.08. The SMILES string of the molecule is CCCCCCCCCCCCC#C[C@@H](SC[C@H](N)C(=O)O)[C@@H](O)CCCC(=O)O. The molecule has 0 aromatic heterocycles. The van der Waals surface area contributed by atoms with Gasteiger partial charge in [0, 0.05) is 18.6 Å². The van der Waals surface area contributed by atoms with Crippen molar-refractivity contribution in [2.45, 2.75) is 114 Å². The van der Waals surface area contributed by atoms with Crippen LogP contribution in [0.5, 0.6) is 0 Å². The maximum Gasteiger partial charge on any atom is 0.321 e. The first kappa shape index (κ1) is 28.8. The molecule has 0 aliphatic heterocycles. The number of unbranched alkanes of at least 4 members (excludes halogenated alkanes) is 10. The van der Waals surface area contributed by atoms with E-state index in [1.54, 1.807) is 0 Å². The maximum absolute atomic E-state index is 10.9. The average molecular weight is 444 g/mol. The fourth-order valence-corrected chi connectivity index (χ4v) is 4.10. The van der Waals surface area contributed by atoms with Gasteiger partial charge in [-0.2, -0.15) is 0 Å². The first-order chi connectivity index (χ1) is 14.4. The van der Waals surface area contributed by atoms with Crippen LogP contribution in [0.3, 0.4) is 0 Å². The predicted molar refractivity (Wildman–Crippen MR) is 124 cm³/mol. The van der Waals surface area contributed by atoms with Crippen molar-refractivity contribution >= 4 is 23.7 Å². The van der Waals surface area contributed by atoms with Gasteiger partial charge in [0.15, 0.2) is 0 Å². The fourth-order valence-electron chi connectivity index (χ4n) is 3.01. The smallest absolute Gasteiger partial charge is 0.321 e. The summed E-state index contributed by atoms with van der Waals surface area (Å²) in [6.07, 6.45) is 13.2. The summed E-state index contributed by atoms with van der Waals surface area (Å²) in [5.41, 5.74) is 5.55. The zero-order valence-corrected chi connectivity index (χ0v) is 19.3. The highest BCUT2D eigenvalue weighted by molar-refractivity contribution is 8.00. The third kappa shape index (κ3) is 17.6. The Kier molecular flexibility index (Phi) is 18.9. The lowest BCUT2D eigenvalue weighted by Gasteiger charge is -2.18. The minimum absolute atomic E-state index is 0.00484. The van der Waals surface area contributed by atoms with Crippen LogP contribution in [0.1, 0.15) is 96.8 Å². The van der Waals surface area contributed by atoms with E-state index in [-0.39, 0.29) is 12.2 Å². The summed E-state index contributed by atoms with van der Waals surface area (Å²) in [7, 11) is 0. The number of carbonyl (C=O) groups is 2. The Hall–Kier alpha value is -1.23. The van der Waals surface area contributed by atoms with Gasteiger partial charge in [-0.15, -0.1) is 17.7 Å². The van der Waals surface area contributed by atoms with Crippen molar-refractivity contribution < 1.29 is 24.9 Å². The van der Waals surface area contributed by atoms with Gasteiger partial charge in [-0.3, -0.25) is 9.59 Å². The molecule has 0 heterocycles. The van der Waals surface area contributed by atoms with Crippen molar-refractivity contribution in [1.82, 2.24) is 0 Å². The topological polar surface area (TPSA) is 121 Å². The molecule has 6 nitrogen and oxygen atoms in total. The number of carboxylic acids is 2. The van der Waals surface area contributed by atoms with Crippen LogP contribution in [0.15, 0.2) is 0 Å². The molecule has 30 heavy (non-hydrogen) atoms. The largest absolute Gasteiger partial charge is 0.481 e. The van der Waals surface area contributed by atoms with Gasteiger partial charge in [0.25, 0.3) is 0 Å². The lowest BCUT2D eigenvalue weighted by atomic mass is 10.1. The number of aliphatic hydroxyl groups excluding tert-OH is 1. The third-order valence-corrected chi connectivity index (χ3v) is 6.25. The number of thioether (sulfide) groups is 1. The molecule has 0 aliphatic rings. The highest BCUT2D eigenvalue weighted by Gasteiger charge is 2.21. The Morgan fingerprint density at radius 3 is 2.03 bits per heavy atom. The standard InChI is InChI=1S/C23H41NO5S/c1-2-3-4-5-6-7-8-9-10-11-12-13-16-21(30-18-19(24)23(28)29)20(25)15-14-17-22(26)27/h19-21,25H,2-12,14-15,17-18,24H2,1H3,(H,26,27)(H,28,29)/t19-,20-,21+/m0/s1. The third-order valence-electron chi connectivity index (χ3n) is 4.91. The van der Waals surface area contributed by atoms with Gasteiger partial charge in [0.2, 0.25) is 0 Å². The van der Waals surface area contributed by atoms with Gasteiger partial charge in [0.1, 0.15) is 6.04 Å². The quantitative estimate of drug-likeness (QED) is 0.172. The lowest BCUT2D eigenvalue weighted by molar-refractivity contribution is -0.138. The van der Waals surface area contributed by atoms with E-state index in [9.17, 15) is 14.7 Å². The Balaban J connectivity index is 4.18. The van der Waals surface area contributed by atoms with Gasteiger partial charge in [0.05, 0.1) is 11.4 Å². The van der Waals surface area contributed by atoms with Crippen LogP contribution in [-0.4, -0.2) is 50.4 Å². The second-order valence-corrected chi connectivity index (χ2v) is 8.98. The molecule has 0 aliphatic carbocycles. The predicted octanol–water partition coefficient (Wildman–Crippen LogP) is 4.43. The average Bonchev–Trinajstić information content (AvgIpc) is 2.70. The Morgan fingerprint density at radius 1 is 0.933 bits per heavy atom. The molecule has 7 heteroatoms. The van der Waals surface area contributed by atoms with Crippen molar-refractivity contribution in [3.8, 4) is 11.8 Å². The molecule has 0 rings (SSSR count). The number of carboxylic acid groups (broad SMARTS) is 2. The van der Waals surface area contributed by atoms with Crippen LogP contribution >= 0.6 is 11.8 Å². The van der Waals surface area contributed by atoms with Gasteiger partial charge in [-0.05, 0) is 19.3 Å². The number of aliphatic carboxylic acids is 2. The summed E-state index contributed by atoms with van der Waals surface area (Å²) >= 11 is 1.23. The first-order valence-electron chi connectivity index (χ1n) is 11.4. The van der Waals surface area contributed by atoms with Crippen LogP contribution in [0.25, 0.3) is 0 Å². The van der Waals surface area contributed by atoms with E-state index in [0.717, 1.165) is 19.3 Å². The van der Waals surface area contributed by atoms with Crippen molar-refractivity contribution in [2.24, 2.45) is 5.73 Å². The van der Waals surface area contributed by atoms with Crippen LogP contribution in [0.2, 0.25) is 0 Å². The molecule has 0 aromatic carbocycles. The van der Waals surface area contributed by atoms with Gasteiger partial charge >= 0.3 is 11.9 Å². The van der Waals surface area contributed by atoms with Crippen molar-refractivity contribution in [1.29, 1.82) is 0 Å². The molecule has 0 aromatic rings. The van der Waals surface area contributed by atoms with Crippen molar-refractivity contribution in [2.75, 3.05) is 5.75 Å². The molecule has 0 unspecified atom stereocenters. The normalized spacial score (nSPS) is 13.8. The summed E-state index contributed by atoms with van der Waals surface area (Å²) in [6, 6.07) is -1.01. The molecule has 174 valence electrons. The van der Waals surface area contributed by atoms with E-state index in [4.69, 9.17) is 15.9 Å². The van der Waals surface area contributed by atoms with Gasteiger partial charge < -0.3 is 21.1 Å². The Labute approximate surface area is 186 Å². The molecular weight excluding hydrogens is 402 g/mol. The molecule has 0 bridgehead atoms. The number of rotatable bonds is 19. The van der Waals surface area contributed by atoms with Crippen molar-refractivity contribution in [3.05, 3.63) is 0 Å².